The van der Waals surface area contributed by atoms with Gasteiger partial charge in [0.05, 0.1) is 6.20 Å². The van der Waals surface area contributed by atoms with Gasteiger partial charge in [0.2, 0.25) is 0 Å². The third-order valence-electron chi connectivity index (χ3n) is 1.28. The van der Waals surface area contributed by atoms with Crippen molar-refractivity contribution < 1.29 is 18.3 Å². The molecule has 0 N–H and O–H groups in total. The van der Waals surface area contributed by atoms with Crippen molar-refractivity contribution in [3.8, 4) is 5.75 Å². The molecule has 1 heterocycles. The minimum absolute atomic E-state index is 0.0240. The number of aryl methyl sites for hydroxylation is 1. The van der Waals surface area contributed by atoms with Crippen LogP contribution in [0.5, 0.6) is 5.75 Å². The van der Waals surface area contributed by atoms with Gasteiger partial charge in [-0.05, 0) is 19.1 Å². The van der Waals surface area contributed by atoms with Crippen LogP contribution in [0.4, 0.5) is 8.78 Å². The molecule has 0 aromatic carbocycles. The molecule has 0 spiro atoms. The molecule has 0 saturated heterocycles. The Morgan fingerprint density at radius 1 is 1.54 bits per heavy atom. The summed E-state index contributed by atoms with van der Waals surface area (Å²) in [5.74, 6) is -1.54. The first-order valence-corrected chi connectivity index (χ1v) is 3.52. The lowest BCUT2D eigenvalue weighted by Gasteiger charge is -2.02. The molecule has 1 aromatic rings. The summed E-state index contributed by atoms with van der Waals surface area (Å²) in [6.45, 7) is 1.73. The Morgan fingerprint density at radius 3 is 2.69 bits per heavy atom. The van der Waals surface area contributed by atoms with Gasteiger partial charge in [0, 0.05) is 5.69 Å². The zero-order valence-electron chi connectivity index (χ0n) is 6.83. The molecule has 70 valence electrons. The highest BCUT2D eigenvalue weighted by Gasteiger charge is 2.17. The molecule has 13 heavy (non-hydrogen) atoms. The van der Waals surface area contributed by atoms with Crippen LogP contribution in [0.15, 0.2) is 18.3 Å². The van der Waals surface area contributed by atoms with E-state index in [0.29, 0.717) is 0 Å². The summed E-state index contributed by atoms with van der Waals surface area (Å²) in [4.78, 5) is 14.2. The average Bonchev–Trinajstić information content (AvgIpc) is 2.08. The quantitative estimate of drug-likeness (QED) is 0.659. The minimum atomic E-state index is -3.11. The number of carbonyl (C=O) groups is 1. The summed E-state index contributed by atoms with van der Waals surface area (Å²) in [7, 11) is 0. The summed E-state index contributed by atoms with van der Waals surface area (Å²) < 4.78 is 27.7. The SMILES string of the molecule is Cc1ccc(OC(=O)C(F)F)cn1. The van der Waals surface area contributed by atoms with Gasteiger partial charge in [-0.2, -0.15) is 8.78 Å². The maximum atomic E-state index is 11.7. The van der Waals surface area contributed by atoms with Crippen LogP contribution in [-0.4, -0.2) is 17.4 Å². The predicted molar refractivity (Wildman–Crippen MR) is 40.6 cm³/mol. The molecule has 1 rings (SSSR count). The molecule has 0 bridgehead atoms. The Morgan fingerprint density at radius 2 is 2.23 bits per heavy atom. The van der Waals surface area contributed by atoms with E-state index in [1.54, 1.807) is 13.0 Å². The Bertz CT molecular complexity index is 298. The molecule has 0 aliphatic carbocycles. The molecule has 1 aromatic heterocycles. The number of pyridine rings is 1. The van der Waals surface area contributed by atoms with Crippen LogP contribution >= 0.6 is 0 Å². The monoisotopic (exact) mass is 187 g/mol. The first kappa shape index (κ1) is 9.57. The van der Waals surface area contributed by atoms with Gasteiger partial charge in [-0.1, -0.05) is 0 Å². The zero-order chi connectivity index (χ0) is 9.84. The third-order valence-corrected chi connectivity index (χ3v) is 1.28. The van der Waals surface area contributed by atoms with Gasteiger partial charge in [-0.25, -0.2) is 4.79 Å². The van der Waals surface area contributed by atoms with Crippen molar-refractivity contribution >= 4 is 5.97 Å². The van der Waals surface area contributed by atoms with Gasteiger partial charge >= 0.3 is 12.4 Å². The Hall–Kier alpha value is -1.52. The molecular weight excluding hydrogens is 180 g/mol. The number of nitrogens with zero attached hydrogens (tertiary/aromatic N) is 1. The number of alkyl halides is 2. The van der Waals surface area contributed by atoms with Crippen molar-refractivity contribution in [3.63, 3.8) is 0 Å². The topological polar surface area (TPSA) is 39.2 Å². The molecule has 5 heteroatoms. The molecule has 0 radical (unpaired) electrons. The van der Waals surface area contributed by atoms with Crippen molar-refractivity contribution in [2.45, 2.75) is 13.3 Å². The number of hydrogen-bond acceptors (Lipinski definition) is 3. The second-order valence-electron chi connectivity index (χ2n) is 2.36. The zero-order valence-corrected chi connectivity index (χ0v) is 6.83. The van der Waals surface area contributed by atoms with Gasteiger partial charge in [-0.3, -0.25) is 4.98 Å². The van der Waals surface area contributed by atoms with Crippen molar-refractivity contribution in [1.29, 1.82) is 0 Å². The molecular formula is C8H7F2NO2. The van der Waals surface area contributed by atoms with Crippen LogP contribution in [0.25, 0.3) is 0 Å². The Kier molecular flexibility index (Phi) is 2.89. The van der Waals surface area contributed by atoms with Crippen LogP contribution in [0, 0.1) is 6.92 Å². The second-order valence-corrected chi connectivity index (χ2v) is 2.36. The normalized spacial score (nSPS) is 10.2. The second kappa shape index (κ2) is 3.93. The summed E-state index contributed by atoms with van der Waals surface area (Å²) in [5.41, 5.74) is 0.719. The predicted octanol–water partition coefficient (Wildman–Crippen LogP) is 1.56. The van der Waals surface area contributed by atoms with Gasteiger partial charge in [0.25, 0.3) is 0 Å². The van der Waals surface area contributed by atoms with Gasteiger partial charge < -0.3 is 4.74 Å². The van der Waals surface area contributed by atoms with Crippen molar-refractivity contribution in [3.05, 3.63) is 24.0 Å². The smallest absolute Gasteiger partial charge is 0.379 e. The van der Waals surface area contributed by atoms with Crippen molar-refractivity contribution in [2.24, 2.45) is 0 Å². The molecule has 3 nitrogen and oxygen atoms in total. The van der Waals surface area contributed by atoms with E-state index < -0.39 is 12.4 Å². The van der Waals surface area contributed by atoms with Crippen LogP contribution in [0.3, 0.4) is 0 Å². The highest BCUT2D eigenvalue weighted by atomic mass is 19.3. The molecule has 0 aliphatic heterocycles. The summed E-state index contributed by atoms with van der Waals surface area (Å²) >= 11 is 0. The molecule has 0 unspecified atom stereocenters. The minimum Gasteiger partial charge on any atom is -0.421 e. The van der Waals surface area contributed by atoms with Gasteiger partial charge in [-0.15, -0.1) is 0 Å². The van der Waals surface area contributed by atoms with E-state index >= 15 is 0 Å². The Labute approximate surface area is 73.4 Å². The van der Waals surface area contributed by atoms with Crippen molar-refractivity contribution in [2.75, 3.05) is 0 Å². The van der Waals surface area contributed by atoms with E-state index in [2.05, 4.69) is 9.72 Å². The van der Waals surface area contributed by atoms with Gasteiger partial charge in [0.15, 0.2) is 0 Å². The Balaban J connectivity index is 2.65. The highest BCUT2D eigenvalue weighted by molar-refractivity contribution is 5.75. The van der Waals surface area contributed by atoms with Crippen LogP contribution in [0.2, 0.25) is 0 Å². The first-order valence-electron chi connectivity index (χ1n) is 3.52. The number of hydrogen-bond donors (Lipinski definition) is 0. The van der Waals surface area contributed by atoms with Gasteiger partial charge in [0.1, 0.15) is 5.75 Å². The largest absolute Gasteiger partial charge is 0.421 e. The van der Waals surface area contributed by atoms with E-state index in [9.17, 15) is 13.6 Å². The summed E-state index contributed by atoms with van der Waals surface area (Å²) in [6.07, 6.45) is -1.89. The molecule has 0 aliphatic rings. The van der Waals surface area contributed by atoms with E-state index in [1.165, 1.54) is 12.3 Å². The fraction of sp³-hybridized carbons (Fsp3) is 0.250. The van der Waals surface area contributed by atoms with E-state index in [4.69, 9.17) is 0 Å². The van der Waals surface area contributed by atoms with E-state index in [1.807, 2.05) is 0 Å². The fourth-order valence-corrected chi connectivity index (χ4v) is 0.675. The average molecular weight is 187 g/mol. The summed E-state index contributed by atoms with van der Waals surface area (Å²) in [5, 5.41) is 0. The maximum absolute atomic E-state index is 11.7. The standard InChI is InChI=1S/C8H7F2NO2/c1-5-2-3-6(4-11-5)13-8(12)7(9)10/h2-4,7H,1H3. The van der Waals surface area contributed by atoms with E-state index in [-0.39, 0.29) is 5.75 Å². The molecule has 0 saturated carbocycles. The first-order chi connectivity index (χ1) is 6.09. The highest BCUT2D eigenvalue weighted by Crippen LogP contribution is 2.10. The third kappa shape index (κ3) is 2.77. The number of rotatable bonds is 2. The maximum Gasteiger partial charge on any atom is 0.379 e. The molecule has 0 fully saturated rings. The lowest BCUT2D eigenvalue weighted by Crippen LogP contribution is -2.17. The fourth-order valence-electron chi connectivity index (χ4n) is 0.675. The summed E-state index contributed by atoms with van der Waals surface area (Å²) in [6, 6.07) is 2.97. The number of ether oxygens (including phenoxy) is 1. The van der Waals surface area contributed by atoms with Crippen LogP contribution < -0.4 is 4.74 Å². The number of aromatic nitrogens is 1. The molecule has 0 atom stereocenters. The lowest BCUT2D eigenvalue weighted by molar-refractivity contribution is -0.146. The molecule has 0 amide bonds. The number of halogens is 2. The number of carbonyl (C=O) groups excluding carboxylic acids is 1. The van der Waals surface area contributed by atoms with Crippen LogP contribution in [-0.2, 0) is 4.79 Å². The number of esters is 1. The van der Waals surface area contributed by atoms with E-state index in [0.717, 1.165) is 5.69 Å². The lowest BCUT2D eigenvalue weighted by atomic mass is 10.4. The van der Waals surface area contributed by atoms with Crippen LogP contribution in [0.1, 0.15) is 5.69 Å². The van der Waals surface area contributed by atoms with Crippen molar-refractivity contribution in [1.82, 2.24) is 4.98 Å².